The van der Waals surface area contributed by atoms with Crippen LogP contribution in [-0.2, 0) is 28.6 Å². The third kappa shape index (κ3) is 45.3. The van der Waals surface area contributed by atoms with Crippen molar-refractivity contribution in [2.24, 2.45) is 11.8 Å². The molecule has 0 amide bonds. The van der Waals surface area contributed by atoms with Gasteiger partial charge in [0.1, 0.15) is 13.2 Å². The highest BCUT2D eigenvalue weighted by molar-refractivity contribution is 5.71. The summed E-state index contributed by atoms with van der Waals surface area (Å²) >= 11 is 0. The second-order valence-corrected chi connectivity index (χ2v) is 18.4. The molecule has 0 unspecified atom stereocenters. The summed E-state index contributed by atoms with van der Waals surface area (Å²) in [6.07, 6.45) is 43.9. The van der Waals surface area contributed by atoms with Crippen LogP contribution in [0.5, 0.6) is 0 Å². The number of hydrogen-bond donors (Lipinski definition) is 0. The summed E-state index contributed by atoms with van der Waals surface area (Å²) in [7, 11) is 0. The molecular weight excluding hydrogens is 709 g/mol. The topological polar surface area (TPSA) is 78.9 Å². The lowest BCUT2D eigenvalue weighted by Crippen LogP contribution is -2.30. The second-order valence-electron chi connectivity index (χ2n) is 18.4. The van der Waals surface area contributed by atoms with Crippen LogP contribution in [0.1, 0.15) is 279 Å². The molecule has 57 heavy (non-hydrogen) atoms. The highest BCUT2D eigenvalue weighted by Crippen LogP contribution is 2.17. The molecule has 0 aliphatic carbocycles. The monoisotopic (exact) mass is 807 g/mol. The summed E-state index contributed by atoms with van der Waals surface area (Å²) < 4.78 is 16.7. The van der Waals surface area contributed by atoms with Gasteiger partial charge in [-0.1, -0.05) is 240 Å². The summed E-state index contributed by atoms with van der Waals surface area (Å²) in [6.45, 7) is 11.3. The number of carbonyl (C=O) groups excluding carboxylic acids is 3. The third-order valence-electron chi connectivity index (χ3n) is 11.5. The van der Waals surface area contributed by atoms with E-state index < -0.39 is 6.10 Å². The Morgan fingerprint density at radius 1 is 0.333 bits per heavy atom. The fraction of sp³-hybridized carbons (Fsp3) is 0.941. The van der Waals surface area contributed by atoms with Crippen molar-refractivity contribution in [3.63, 3.8) is 0 Å². The Hall–Kier alpha value is -1.59. The zero-order valence-electron chi connectivity index (χ0n) is 39.0. The lowest BCUT2D eigenvalue weighted by Gasteiger charge is -2.18. The Balaban J connectivity index is 4.21. The summed E-state index contributed by atoms with van der Waals surface area (Å²) in [5, 5.41) is 0. The van der Waals surface area contributed by atoms with Crippen LogP contribution in [0.2, 0.25) is 0 Å². The Bertz CT molecular complexity index is 870. The molecule has 0 aromatic carbocycles. The molecule has 0 N–H and O–H groups in total. The van der Waals surface area contributed by atoms with Gasteiger partial charge in [0.25, 0.3) is 0 Å². The standard InChI is InChI=1S/C51H98O6/c1-6-7-8-9-10-11-21-27-33-38-43-51(54)57-48(45-56-50(53)42-37-32-28-23-25-30-35-40-47(4)5)44-55-49(52)41-36-31-26-22-19-17-15-13-12-14-16-18-20-24-29-34-39-46(2)3/h46-48H,6-45H2,1-5H3/t48-/m0/s1. The van der Waals surface area contributed by atoms with E-state index in [0.717, 1.165) is 69.6 Å². The lowest BCUT2D eigenvalue weighted by molar-refractivity contribution is -0.167. The number of esters is 3. The van der Waals surface area contributed by atoms with Crippen molar-refractivity contribution in [1.82, 2.24) is 0 Å². The minimum Gasteiger partial charge on any atom is -0.462 e. The largest absolute Gasteiger partial charge is 0.462 e. The molecule has 0 heterocycles. The molecule has 338 valence electrons. The maximum Gasteiger partial charge on any atom is 0.306 e. The first kappa shape index (κ1) is 55.4. The number of unbranched alkanes of at least 4 members (excludes halogenated alkanes) is 30. The summed E-state index contributed by atoms with van der Waals surface area (Å²) in [5.74, 6) is 0.780. The molecular formula is C51H98O6. The molecule has 0 aliphatic heterocycles. The van der Waals surface area contributed by atoms with Gasteiger partial charge in [-0.15, -0.1) is 0 Å². The predicted molar refractivity (Wildman–Crippen MR) is 243 cm³/mol. The van der Waals surface area contributed by atoms with Crippen molar-refractivity contribution >= 4 is 17.9 Å². The second kappa shape index (κ2) is 44.0. The average molecular weight is 807 g/mol. The van der Waals surface area contributed by atoms with Crippen LogP contribution in [0.15, 0.2) is 0 Å². The van der Waals surface area contributed by atoms with E-state index in [9.17, 15) is 14.4 Å². The molecule has 1 atom stereocenters. The Morgan fingerprint density at radius 2 is 0.579 bits per heavy atom. The molecule has 0 rings (SSSR count). The smallest absolute Gasteiger partial charge is 0.306 e. The van der Waals surface area contributed by atoms with E-state index in [1.807, 2.05) is 0 Å². The van der Waals surface area contributed by atoms with E-state index in [2.05, 4.69) is 34.6 Å². The first-order valence-electron chi connectivity index (χ1n) is 25.2. The van der Waals surface area contributed by atoms with Crippen LogP contribution in [0, 0.1) is 11.8 Å². The van der Waals surface area contributed by atoms with Crippen LogP contribution in [0.4, 0.5) is 0 Å². The number of hydrogen-bond acceptors (Lipinski definition) is 6. The van der Waals surface area contributed by atoms with Gasteiger partial charge in [-0.2, -0.15) is 0 Å². The van der Waals surface area contributed by atoms with E-state index in [4.69, 9.17) is 14.2 Å². The van der Waals surface area contributed by atoms with E-state index in [1.165, 1.54) is 167 Å². The van der Waals surface area contributed by atoms with Crippen molar-refractivity contribution in [3.8, 4) is 0 Å². The summed E-state index contributed by atoms with van der Waals surface area (Å²) in [5.41, 5.74) is 0. The quantitative estimate of drug-likeness (QED) is 0.0346. The first-order chi connectivity index (χ1) is 27.7. The molecule has 0 fully saturated rings. The Labute approximate surface area is 355 Å². The molecule has 6 heteroatoms. The van der Waals surface area contributed by atoms with E-state index in [1.54, 1.807) is 0 Å². The molecule has 0 aromatic rings. The van der Waals surface area contributed by atoms with Gasteiger partial charge >= 0.3 is 17.9 Å². The van der Waals surface area contributed by atoms with Crippen LogP contribution in [-0.4, -0.2) is 37.2 Å². The van der Waals surface area contributed by atoms with Gasteiger partial charge < -0.3 is 14.2 Å². The number of ether oxygens (including phenoxy) is 3. The van der Waals surface area contributed by atoms with Crippen molar-refractivity contribution in [1.29, 1.82) is 0 Å². The van der Waals surface area contributed by atoms with Gasteiger partial charge in [0.05, 0.1) is 0 Å². The molecule has 0 saturated carbocycles. The summed E-state index contributed by atoms with van der Waals surface area (Å²) in [4.78, 5) is 37.8. The highest BCUT2D eigenvalue weighted by Gasteiger charge is 2.19. The van der Waals surface area contributed by atoms with Gasteiger partial charge in [-0.3, -0.25) is 14.4 Å². The molecule has 0 bridgehead atoms. The SMILES string of the molecule is CCCCCCCCCCCCC(=O)O[C@@H](COC(=O)CCCCCCCCCCCCCCCCCCC(C)C)COC(=O)CCCCCCCCCC(C)C. The molecule has 0 aromatic heterocycles. The first-order valence-corrected chi connectivity index (χ1v) is 25.2. The maximum absolute atomic E-state index is 12.7. The van der Waals surface area contributed by atoms with E-state index in [0.29, 0.717) is 19.3 Å². The lowest BCUT2D eigenvalue weighted by atomic mass is 10.0. The Morgan fingerprint density at radius 3 is 0.860 bits per heavy atom. The molecule has 6 nitrogen and oxygen atoms in total. The average Bonchev–Trinajstić information content (AvgIpc) is 3.18. The van der Waals surface area contributed by atoms with Crippen molar-refractivity contribution in [2.45, 2.75) is 285 Å². The highest BCUT2D eigenvalue weighted by atomic mass is 16.6. The molecule has 0 spiro atoms. The number of rotatable bonds is 45. The van der Waals surface area contributed by atoms with Gasteiger partial charge in [-0.25, -0.2) is 0 Å². The van der Waals surface area contributed by atoms with Crippen LogP contribution in [0.25, 0.3) is 0 Å². The van der Waals surface area contributed by atoms with Crippen LogP contribution in [0.3, 0.4) is 0 Å². The zero-order chi connectivity index (χ0) is 41.9. The normalized spacial score (nSPS) is 12.1. The summed E-state index contributed by atoms with van der Waals surface area (Å²) in [6, 6.07) is 0. The predicted octanol–water partition coefficient (Wildman–Crippen LogP) is 16.1. The molecule has 0 radical (unpaired) electrons. The molecule has 0 aliphatic rings. The number of carbonyl (C=O) groups is 3. The molecule has 0 saturated heterocycles. The third-order valence-corrected chi connectivity index (χ3v) is 11.5. The van der Waals surface area contributed by atoms with Crippen molar-refractivity contribution in [2.75, 3.05) is 13.2 Å². The fourth-order valence-corrected chi connectivity index (χ4v) is 7.64. The van der Waals surface area contributed by atoms with Crippen molar-refractivity contribution < 1.29 is 28.6 Å². The zero-order valence-corrected chi connectivity index (χ0v) is 39.0. The van der Waals surface area contributed by atoms with E-state index in [-0.39, 0.29) is 31.1 Å². The van der Waals surface area contributed by atoms with Gasteiger partial charge in [0, 0.05) is 19.3 Å². The maximum atomic E-state index is 12.7. The van der Waals surface area contributed by atoms with E-state index >= 15 is 0 Å². The Kier molecular flexibility index (Phi) is 42.7. The minimum absolute atomic E-state index is 0.0643. The van der Waals surface area contributed by atoms with Crippen LogP contribution < -0.4 is 0 Å². The van der Waals surface area contributed by atoms with Gasteiger partial charge in [0.15, 0.2) is 6.10 Å². The minimum atomic E-state index is -0.760. The van der Waals surface area contributed by atoms with Gasteiger partial charge in [-0.05, 0) is 31.1 Å². The van der Waals surface area contributed by atoms with Gasteiger partial charge in [0.2, 0.25) is 0 Å². The van der Waals surface area contributed by atoms with Crippen molar-refractivity contribution in [3.05, 3.63) is 0 Å². The van der Waals surface area contributed by atoms with Crippen LogP contribution >= 0.6 is 0 Å². The fourth-order valence-electron chi connectivity index (χ4n) is 7.64.